The molecule has 0 saturated heterocycles. The predicted molar refractivity (Wildman–Crippen MR) is 71.4 cm³/mol. The minimum absolute atomic E-state index is 0.0544. The van der Waals surface area contributed by atoms with E-state index >= 15 is 0 Å². The molecule has 0 aliphatic heterocycles. The molecule has 1 aliphatic carbocycles. The van der Waals surface area contributed by atoms with Crippen molar-refractivity contribution in [3.63, 3.8) is 0 Å². The molecular formula is C12H21BrN4. The zero-order chi connectivity index (χ0) is 12.4. The smallest absolute Gasteiger partial charge is 0.153 e. The molecule has 1 fully saturated rings. The van der Waals surface area contributed by atoms with Crippen LogP contribution >= 0.6 is 15.9 Å². The highest BCUT2D eigenvalue weighted by Gasteiger charge is 2.29. The van der Waals surface area contributed by atoms with E-state index in [-0.39, 0.29) is 6.04 Å². The molecule has 1 saturated carbocycles. The highest BCUT2D eigenvalue weighted by atomic mass is 79.9. The van der Waals surface area contributed by atoms with Crippen molar-refractivity contribution in [1.82, 2.24) is 15.0 Å². The maximum atomic E-state index is 6.40. The summed E-state index contributed by atoms with van der Waals surface area (Å²) in [5.74, 6) is 1.42. The number of nitrogens with zero attached hydrogens (tertiary/aromatic N) is 3. The Hall–Kier alpha value is -0.420. The standard InChI is InChI=1S/C12H21BrN4/c1-3-8-5-4-6-9(7-8)10(14)11-12(13)15-16-17(11)2/h8-10H,3-7,14H2,1-2H3. The van der Waals surface area contributed by atoms with Crippen LogP contribution in [0.1, 0.15) is 50.8 Å². The normalized spacial score (nSPS) is 27.1. The summed E-state index contributed by atoms with van der Waals surface area (Å²) in [5.41, 5.74) is 7.44. The Kier molecular flexibility index (Phi) is 4.20. The number of hydrogen-bond acceptors (Lipinski definition) is 3. The van der Waals surface area contributed by atoms with Crippen molar-refractivity contribution in [2.75, 3.05) is 0 Å². The zero-order valence-corrected chi connectivity index (χ0v) is 12.2. The second-order valence-corrected chi connectivity index (χ2v) is 5.87. The summed E-state index contributed by atoms with van der Waals surface area (Å²) >= 11 is 3.44. The van der Waals surface area contributed by atoms with Crippen LogP contribution in [0.15, 0.2) is 4.60 Å². The Morgan fingerprint density at radius 1 is 1.53 bits per heavy atom. The van der Waals surface area contributed by atoms with Gasteiger partial charge < -0.3 is 5.73 Å². The van der Waals surface area contributed by atoms with Gasteiger partial charge in [0.05, 0.1) is 11.7 Å². The maximum Gasteiger partial charge on any atom is 0.153 e. The lowest BCUT2D eigenvalue weighted by Crippen LogP contribution is -2.28. The largest absolute Gasteiger partial charge is 0.322 e. The van der Waals surface area contributed by atoms with E-state index in [2.05, 4.69) is 33.2 Å². The van der Waals surface area contributed by atoms with E-state index < -0.39 is 0 Å². The Morgan fingerprint density at radius 3 is 2.88 bits per heavy atom. The van der Waals surface area contributed by atoms with Gasteiger partial charge in [0.2, 0.25) is 0 Å². The molecule has 2 rings (SSSR count). The second-order valence-electron chi connectivity index (χ2n) is 5.12. The summed E-state index contributed by atoms with van der Waals surface area (Å²) in [5, 5.41) is 8.03. The van der Waals surface area contributed by atoms with Crippen LogP contribution < -0.4 is 5.73 Å². The molecule has 0 spiro atoms. The number of aryl methyl sites for hydroxylation is 1. The lowest BCUT2D eigenvalue weighted by atomic mass is 9.76. The molecule has 1 aliphatic rings. The summed E-state index contributed by atoms with van der Waals surface area (Å²) in [6, 6.07) is 0.0544. The molecule has 2 N–H and O–H groups in total. The fraction of sp³-hybridized carbons (Fsp3) is 0.833. The number of aromatic nitrogens is 3. The zero-order valence-electron chi connectivity index (χ0n) is 10.6. The molecule has 5 heteroatoms. The van der Waals surface area contributed by atoms with Crippen LogP contribution in [0.3, 0.4) is 0 Å². The van der Waals surface area contributed by atoms with Gasteiger partial charge in [-0.05, 0) is 40.6 Å². The quantitative estimate of drug-likeness (QED) is 0.934. The Labute approximate surface area is 111 Å². The molecule has 0 aromatic carbocycles. The van der Waals surface area contributed by atoms with Crippen molar-refractivity contribution in [2.24, 2.45) is 24.6 Å². The third kappa shape index (κ3) is 2.71. The van der Waals surface area contributed by atoms with Crippen LogP contribution in [0, 0.1) is 11.8 Å². The lowest BCUT2D eigenvalue weighted by Gasteiger charge is -2.32. The molecular weight excluding hydrogens is 280 g/mol. The molecule has 1 aromatic rings. The van der Waals surface area contributed by atoms with E-state index in [0.717, 1.165) is 16.2 Å². The molecule has 0 bridgehead atoms. The average molecular weight is 301 g/mol. The van der Waals surface area contributed by atoms with Crippen LogP contribution in [0.2, 0.25) is 0 Å². The first-order valence-electron chi connectivity index (χ1n) is 6.44. The third-order valence-corrected chi connectivity index (χ3v) is 4.62. The molecule has 0 radical (unpaired) electrons. The summed E-state index contributed by atoms with van der Waals surface area (Å²) in [6.45, 7) is 2.28. The molecule has 4 nitrogen and oxygen atoms in total. The van der Waals surface area contributed by atoms with E-state index in [4.69, 9.17) is 5.73 Å². The summed E-state index contributed by atoms with van der Waals surface area (Å²) in [7, 11) is 1.91. The minimum Gasteiger partial charge on any atom is -0.322 e. The van der Waals surface area contributed by atoms with Gasteiger partial charge in [-0.25, -0.2) is 4.68 Å². The molecule has 96 valence electrons. The third-order valence-electron chi connectivity index (χ3n) is 4.05. The Morgan fingerprint density at radius 2 is 2.29 bits per heavy atom. The van der Waals surface area contributed by atoms with Gasteiger partial charge in [0.25, 0.3) is 0 Å². The lowest BCUT2D eigenvalue weighted by molar-refractivity contribution is 0.226. The van der Waals surface area contributed by atoms with E-state index in [0.29, 0.717) is 5.92 Å². The van der Waals surface area contributed by atoms with Crippen LogP contribution in [0.25, 0.3) is 0 Å². The highest BCUT2D eigenvalue weighted by Crippen LogP contribution is 2.38. The van der Waals surface area contributed by atoms with Crippen LogP contribution in [-0.4, -0.2) is 15.0 Å². The van der Waals surface area contributed by atoms with Gasteiger partial charge in [0.1, 0.15) is 0 Å². The van der Waals surface area contributed by atoms with Gasteiger partial charge in [-0.2, -0.15) is 0 Å². The minimum atomic E-state index is 0.0544. The van der Waals surface area contributed by atoms with Gasteiger partial charge >= 0.3 is 0 Å². The van der Waals surface area contributed by atoms with E-state index in [1.807, 2.05) is 7.05 Å². The number of halogens is 1. The fourth-order valence-corrected chi connectivity index (χ4v) is 3.54. The van der Waals surface area contributed by atoms with Crippen molar-refractivity contribution in [3.8, 4) is 0 Å². The van der Waals surface area contributed by atoms with Crippen molar-refractivity contribution in [1.29, 1.82) is 0 Å². The summed E-state index contributed by atoms with van der Waals surface area (Å²) in [6.07, 6.45) is 6.42. The SMILES string of the molecule is CCC1CCCC(C(N)c2c(Br)nnn2C)C1. The Balaban J connectivity index is 2.11. The molecule has 0 amide bonds. The van der Waals surface area contributed by atoms with Gasteiger partial charge in [-0.3, -0.25) is 0 Å². The number of rotatable bonds is 3. The van der Waals surface area contributed by atoms with Crippen molar-refractivity contribution >= 4 is 15.9 Å². The average Bonchev–Trinajstić information content (AvgIpc) is 2.68. The molecule has 1 aromatic heterocycles. The Bertz CT molecular complexity index is 357. The van der Waals surface area contributed by atoms with E-state index in [1.54, 1.807) is 4.68 Å². The topological polar surface area (TPSA) is 56.7 Å². The van der Waals surface area contributed by atoms with Crippen molar-refractivity contribution in [3.05, 3.63) is 10.3 Å². The first-order chi connectivity index (χ1) is 8.13. The van der Waals surface area contributed by atoms with Gasteiger partial charge in [0.15, 0.2) is 4.60 Å². The number of hydrogen-bond donors (Lipinski definition) is 1. The predicted octanol–water partition coefficient (Wildman–Crippen LogP) is 2.79. The van der Waals surface area contributed by atoms with E-state index in [9.17, 15) is 0 Å². The van der Waals surface area contributed by atoms with E-state index in [1.165, 1.54) is 32.1 Å². The van der Waals surface area contributed by atoms with Crippen LogP contribution in [0.4, 0.5) is 0 Å². The highest BCUT2D eigenvalue weighted by molar-refractivity contribution is 9.10. The van der Waals surface area contributed by atoms with Crippen LogP contribution in [0.5, 0.6) is 0 Å². The molecule has 1 heterocycles. The van der Waals surface area contributed by atoms with Crippen LogP contribution in [-0.2, 0) is 7.05 Å². The van der Waals surface area contributed by atoms with Gasteiger partial charge in [0, 0.05) is 7.05 Å². The molecule has 3 atom stereocenters. The number of nitrogens with two attached hydrogens (primary N) is 1. The first-order valence-corrected chi connectivity index (χ1v) is 7.23. The maximum absolute atomic E-state index is 6.40. The summed E-state index contributed by atoms with van der Waals surface area (Å²) in [4.78, 5) is 0. The monoisotopic (exact) mass is 300 g/mol. The fourth-order valence-electron chi connectivity index (χ4n) is 2.95. The second kappa shape index (κ2) is 5.48. The van der Waals surface area contributed by atoms with Crippen molar-refractivity contribution in [2.45, 2.75) is 45.1 Å². The first kappa shape index (κ1) is 13.0. The molecule has 3 unspecified atom stereocenters. The van der Waals surface area contributed by atoms with Gasteiger partial charge in [-0.15, -0.1) is 5.10 Å². The molecule has 17 heavy (non-hydrogen) atoms. The van der Waals surface area contributed by atoms with Crippen molar-refractivity contribution < 1.29 is 0 Å². The van der Waals surface area contributed by atoms with Gasteiger partial charge in [-0.1, -0.05) is 31.4 Å². The summed E-state index contributed by atoms with van der Waals surface area (Å²) < 4.78 is 2.59.